The average molecular weight is 242 g/mol. The fraction of sp³-hybridized carbons (Fsp3) is 0.692. The van der Waals surface area contributed by atoms with Gasteiger partial charge in [-0.05, 0) is 43.9 Å². The van der Waals surface area contributed by atoms with E-state index >= 15 is 0 Å². The van der Waals surface area contributed by atoms with E-state index in [4.69, 9.17) is 0 Å². The van der Waals surface area contributed by atoms with Crippen LogP contribution in [0.1, 0.15) is 53.4 Å². The summed E-state index contributed by atoms with van der Waals surface area (Å²) in [6.45, 7) is 7.69. The van der Waals surface area contributed by atoms with Crippen molar-refractivity contribution in [3.05, 3.63) is 11.0 Å². The van der Waals surface area contributed by atoms with E-state index in [1.54, 1.807) is 0 Å². The first-order chi connectivity index (χ1) is 7.54. The largest absolute Gasteiger partial charge is 0.294 e. The summed E-state index contributed by atoms with van der Waals surface area (Å²) in [6, 6.07) is 0. The molecule has 0 unspecified atom stereocenters. The molecule has 0 bridgehead atoms. The second-order valence-electron chi connectivity index (χ2n) is 3.89. The molecule has 0 fully saturated rings. The van der Waals surface area contributed by atoms with E-state index in [1.807, 2.05) is 13.0 Å². The summed E-state index contributed by atoms with van der Waals surface area (Å²) in [5.74, 6) is 0.405. The van der Waals surface area contributed by atoms with E-state index < -0.39 is 0 Å². The number of Topliss-reactive ketones (excluding diaryl/α,β-unsaturated/α-hetero) is 1. The minimum absolute atomic E-state index is 0.00125. The van der Waals surface area contributed by atoms with E-state index in [0.717, 1.165) is 31.0 Å². The molecule has 0 radical (unpaired) electrons. The quantitative estimate of drug-likeness (QED) is 0.634. The van der Waals surface area contributed by atoms with Gasteiger partial charge in [0.15, 0.2) is 10.9 Å². The van der Waals surface area contributed by atoms with Gasteiger partial charge in [-0.3, -0.25) is 9.59 Å². The SMILES string of the molecule is CCCC(=O)SC(=CC(CC)CC)C(C)=O. The van der Waals surface area contributed by atoms with Crippen molar-refractivity contribution in [1.82, 2.24) is 0 Å². The topological polar surface area (TPSA) is 34.1 Å². The number of allylic oxidation sites excluding steroid dienone is 2. The maximum atomic E-state index is 11.5. The van der Waals surface area contributed by atoms with E-state index in [1.165, 1.54) is 6.92 Å². The zero-order valence-corrected chi connectivity index (χ0v) is 11.5. The smallest absolute Gasteiger partial charge is 0.193 e. The Morgan fingerprint density at radius 2 is 1.75 bits per heavy atom. The van der Waals surface area contributed by atoms with Gasteiger partial charge < -0.3 is 0 Å². The zero-order valence-electron chi connectivity index (χ0n) is 10.7. The van der Waals surface area contributed by atoms with Gasteiger partial charge in [-0.25, -0.2) is 0 Å². The molecule has 2 nitrogen and oxygen atoms in total. The lowest BCUT2D eigenvalue weighted by Crippen LogP contribution is -2.02. The highest BCUT2D eigenvalue weighted by Crippen LogP contribution is 2.24. The Morgan fingerprint density at radius 3 is 2.12 bits per heavy atom. The third kappa shape index (κ3) is 6.11. The normalized spacial score (nSPS) is 11.9. The number of carbonyl (C=O) groups is 2. The highest BCUT2D eigenvalue weighted by Gasteiger charge is 2.12. The molecule has 0 aromatic rings. The molecule has 92 valence electrons. The molecular formula is C13H22O2S. The van der Waals surface area contributed by atoms with Gasteiger partial charge >= 0.3 is 0 Å². The molecule has 0 N–H and O–H groups in total. The van der Waals surface area contributed by atoms with Crippen molar-refractivity contribution in [3.63, 3.8) is 0 Å². The number of hydrogen-bond acceptors (Lipinski definition) is 3. The Balaban J connectivity index is 4.60. The summed E-state index contributed by atoms with van der Waals surface area (Å²) in [5, 5.41) is 0.0925. The lowest BCUT2D eigenvalue weighted by atomic mass is 10.0. The minimum Gasteiger partial charge on any atom is -0.294 e. The minimum atomic E-state index is 0.00125. The monoisotopic (exact) mass is 242 g/mol. The van der Waals surface area contributed by atoms with Gasteiger partial charge in [0, 0.05) is 6.42 Å². The van der Waals surface area contributed by atoms with Crippen LogP contribution in [0, 0.1) is 5.92 Å². The van der Waals surface area contributed by atoms with Gasteiger partial charge in [-0.2, -0.15) is 0 Å². The summed E-state index contributed by atoms with van der Waals surface area (Å²) in [4.78, 5) is 23.5. The first kappa shape index (κ1) is 15.4. The Hall–Kier alpha value is -0.570. The highest BCUT2D eigenvalue weighted by molar-refractivity contribution is 8.17. The molecule has 0 saturated heterocycles. The third-order valence-electron chi connectivity index (χ3n) is 2.46. The van der Waals surface area contributed by atoms with E-state index in [9.17, 15) is 9.59 Å². The van der Waals surface area contributed by atoms with Crippen LogP contribution in [-0.2, 0) is 9.59 Å². The van der Waals surface area contributed by atoms with Crippen LogP contribution in [0.3, 0.4) is 0 Å². The molecule has 0 aliphatic rings. The molecule has 0 spiro atoms. The maximum Gasteiger partial charge on any atom is 0.193 e. The van der Waals surface area contributed by atoms with Gasteiger partial charge in [-0.15, -0.1) is 0 Å². The molecule has 0 heterocycles. The van der Waals surface area contributed by atoms with Crippen LogP contribution in [-0.4, -0.2) is 10.9 Å². The lowest BCUT2D eigenvalue weighted by molar-refractivity contribution is -0.114. The molecule has 0 amide bonds. The highest BCUT2D eigenvalue weighted by atomic mass is 32.2. The Labute approximate surface area is 103 Å². The lowest BCUT2D eigenvalue weighted by Gasteiger charge is -2.09. The summed E-state index contributed by atoms with van der Waals surface area (Å²) in [6.07, 6.45) is 5.35. The van der Waals surface area contributed by atoms with E-state index in [0.29, 0.717) is 17.2 Å². The average Bonchev–Trinajstić information content (AvgIpc) is 2.24. The number of hydrogen-bond donors (Lipinski definition) is 0. The molecule has 0 aliphatic heterocycles. The van der Waals surface area contributed by atoms with Crippen molar-refractivity contribution in [2.24, 2.45) is 5.92 Å². The van der Waals surface area contributed by atoms with Crippen molar-refractivity contribution in [2.75, 3.05) is 0 Å². The van der Waals surface area contributed by atoms with Crippen LogP contribution in [0.4, 0.5) is 0 Å². The third-order valence-corrected chi connectivity index (χ3v) is 3.54. The van der Waals surface area contributed by atoms with Crippen LogP contribution in [0.2, 0.25) is 0 Å². The molecule has 0 saturated carbocycles. The van der Waals surface area contributed by atoms with Crippen molar-refractivity contribution in [2.45, 2.75) is 53.4 Å². The van der Waals surface area contributed by atoms with Crippen LogP contribution < -0.4 is 0 Å². The number of thioether (sulfide) groups is 1. The maximum absolute atomic E-state index is 11.5. The first-order valence-electron chi connectivity index (χ1n) is 5.98. The van der Waals surface area contributed by atoms with E-state index in [-0.39, 0.29) is 10.9 Å². The molecule has 3 heteroatoms. The van der Waals surface area contributed by atoms with Crippen LogP contribution in [0.5, 0.6) is 0 Å². The Kier molecular flexibility index (Phi) is 8.26. The number of ketones is 1. The van der Waals surface area contributed by atoms with Crippen molar-refractivity contribution < 1.29 is 9.59 Å². The second-order valence-corrected chi connectivity index (χ2v) is 4.99. The van der Waals surface area contributed by atoms with Crippen LogP contribution in [0.25, 0.3) is 0 Å². The predicted octanol–water partition coefficient (Wildman–Crippen LogP) is 3.96. The molecule has 0 aromatic carbocycles. The van der Waals surface area contributed by atoms with Crippen LogP contribution in [0.15, 0.2) is 11.0 Å². The molecular weight excluding hydrogens is 220 g/mol. The molecule has 0 aliphatic carbocycles. The van der Waals surface area contributed by atoms with Gasteiger partial charge in [0.2, 0.25) is 0 Å². The summed E-state index contributed by atoms with van der Waals surface area (Å²) in [7, 11) is 0. The second kappa shape index (κ2) is 8.57. The molecule has 16 heavy (non-hydrogen) atoms. The Morgan fingerprint density at radius 1 is 1.19 bits per heavy atom. The summed E-state index contributed by atoms with van der Waals surface area (Å²) < 4.78 is 0. The summed E-state index contributed by atoms with van der Waals surface area (Å²) in [5.41, 5.74) is 0. The fourth-order valence-electron chi connectivity index (χ4n) is 1.34. The van der Waals surface area contributed by atoms with Gasteiger partial charge in [0.05, 0.1) is 4.91 Å². The van der Waals surface area contributed by atoms with Gasteiger partial charge in [-0.1, -0.05) is 26.8 Å². The Bertz CT molecular complexity index is 265. The standard InChI is InChI=1S/C13H22O2S/c1-5-8-13(15)16-12(10(4)14)9-11(6-2)7-3/h9,11H,5-8H2,1-4H3. The van der Waals surface area contributed by atoms with Gasteiger partial charge in [0.1, 0.15) is 0 Å². The predicted molar refractivity (Wildman–Crippen MR) is 70.3 cm³/mol. The van der Waals surface area contributed by atoms with Crippen LogP contribution >= 0.6 is 11.8 Å². The molecule has 0 rings (SSSR count). The summed E-state index contributed by atoms with van der Waals surface area (Å²) >= 11 is 1.11. The van der Waals surface area contributed by atoms with Gasteiger partial charge in [0.25, 0.3) is 0 Å². The fourth-order valence-corrected chi connectivity index (χ4v) is 2.30. The zero-order chi connectivity index (χ0) is 12.6. The van der Waals surface area contributed by atoms with Crippen molar-refractivity contribution >= 4 is 22.7 Å². The number of rotatable bonds is 7. The van der Waals surface area contributed by atoms with E-state index in [2.05, 4.69) is 13.8 Å². The number of carbonyl (C=O) groups excluding carboxylic acids is 2. The van der Waals surface area contributed by atoms with Crippen molar-refractivity contribution in [3.8, 4) is 0 Å². The molecule has 0 atom stereocenters. The molecule has 0 aromatic heterocycles. The first-order valence-corrected chi connectivity index (χ1v) is 6.80. The van der Waals surface area contributed by atoms with Crippen molar-refractivity contribution in [1.29, 1.82) is 0 Å².